The van der Waals surface area contributed by atoms with Crippen molar-refractivity contribution in [3.8, 4) is 0 Å². The summed E-state index contributed by atoms with van der Waals surface area (Å²) in [6, 6.07) is 8.37. The maximum absolute atomic E-state index is 4.68. The summed E-state index contributed by atoms with van der Waals surface area (Å²) in [5, 5.41) is 3.15. The fourth-order valence-corrected chi connectivity index (χ4v) is 2.53. The van der Waals surface area contributed by atoms with Gasteiger partial charge in [0, 0.05) is 37.1 Å². The average Bonchev–Trinajstić information content (AvgIpc) is 2.49. The summed E-state index contributed by atoms with van der Waals surface area (Å²) < 4.78 is 1.10. The second-order valence-electron chi connectivity index (χ2n) is 5.02. The number of aryl methyl sites for hydroxylation is 1. The summed E-state index contributed by atoms with van der Waals surface area (Å²) in [6.07, 6.45) is 0.827. The van der Waals surface area contributed by atoms with Crippen LogP contribution in [-0.4, -0.2) is 24.1 Å². The lowest BCUT2D eigenvalue weighted by atomic mass is 10.2. The van der Waals surface area contributed by atoms with Crippen LogP contribution in [0, 0.1) is 6.92 Å². The SMILES string of the molecule is CCc1nc(NC)c(C)c(N(C)Cc2ccc(Br)cc2)n1. The first kappa shape index (κ1) is 15.8. The van der Waals surface area contributed by atoms with Crippen molar-refractivity contribution < 1.29 is 0 Å². The van der Waals surface area contributed by atoms with Crippen LogP contribution < -0.4 is 10.2 Å². The number of rotatable bonds is 5. The van der Waals surface area contributed by atoms with Gasteiger partial charge in [-0.2, -0.15) is 0 Å². The molecule has 21 heavy (non-hydrogen) atoms. The summed E-state index contributed by atoms with van der Waals surface area (Å²) >= 11 is 3.46. The molecule has 0 saturated heterocycles. The Morgan fingerprint density at radius 1 is 1.19 bits per heavy atom. The highest BCUT2D eigenvalue weighted by Crippen LogP contribution is 2.24. The highest BCUT2D eigenvalue weighted by molar-refractivity contribution is 9.10. The van der Waals surface area contributed by atoms with Crippen molar-refractivity contribution in [1.82, 2.24) is 9.97 Å². The van der Waals surface area contributed by atoms with E-state index in [1.54, 1.807) is 0 Å². The largest absolute Gasteiger partial charge is 0.373 e. The Morgan fingerprint density at radius 2 is 1.86 bits per heavy atom. The molecule has 1 heterocycles. The molecular formula is C16H21BrN4. The monoisotopic (exact) mass is 348 g/mol. The van der Waals surface area contributed by atoms with Gasteiger partial charge in [0.2, 0.25) is 0 Å². The van der Waals surface area contributed by atoms with E-state index in [4.69, 9.17) is 0 Å². The first-order chi connectivity index (χ1) is 10.0. The average molecular weight is 349 g/mol. The van der Waals surface area contributed by atoms with Crippen molar-refractivity contribution in [1.29, 1.82) is 0 Å². The van der Waals surface area contributed by atoms with Gasteiger partial charge in [-0.3, -0.25) is 0 Å². The minimum atomic E-state index is 0.817. The lowest BCUT2D eigenvalue weighted by molar-refractivity contribution is 0.850. The molecule has 0 atom stereocenters. The lowest BCUT2D eigenvalue weighted by Crippen LogP contribution is -2.20. The Kier molecular flexibility index (Phi) is 5.17. The minimum Gasteiger partial charge on any atom is -0.373 e. The molecule has 1 aromatic carbocycles. The van der Waals surface area contributed by atoms with E-state index in [-0.39, 0.29) is 0 Å². The second kappa shape index (κ2) is 6.89. The highest BCUT2D eigenvalue weighted by Gasteiger charge is 2.13. The maximum atomic E-state index is 4.68. The molecule has 0 spiro atoms. The zero-order valence-electron chi connectivity index (χ0n) is 12.9. The fraction of sp³-hybridized carbons (Fsp3) is 0.375. The zero-order chi connectivity index (χ0) is 15.4. The molecule has 0 saturated carbocycles. The van der Waals surface area contributed by atoms with Crippen molar-refractivity contribution >= 4 is 27.6 Å². The van der Waals surface area contributed by atoms with Crippen molar-refractivity contribution in [2.45, 2.75) is 26.8 Å². The third kappa shape index (κ3) is 3.73. The molecule has 0 radical (unpaired) electrons. The van der Waals surface area contributed by atoms with Gasteiger partial charge < -0.3 is 10.2 Å². The van der Waals surface area contributed by atoms with Crippen molar-refractivity contribution in [3.05, 3.63) is 45.7 Å². The Hall–Kier alpha value is -1.62. The standard InChI is InChI=1S/C16H21BrN4/c1-5-14-19-15(18-3)11(2)16(20-14)21(4)10-12-6-8-13(17)9-7-12/h6-9H,5,10H2,1-4H3,(H,18,19,20). The van der Waals surface area contributed by atoms with Crippen molar-refractivity contribution in [2.75, 3.05) is 24.3 Å². The van der Waals surface area contributed by atoms with Gasteiger partial charge in [-0.05, 0) is 24.6 Å². The van der Waals surface area contributed by atoms with E-state index in [2.05, 4.69) is 81.3 Å². The number of halogens is 1. The molecule has 4 nitrogen and oxygen atoms in total. The van der Waals surface area contributed by atoms with Crippen LogP contribution >= 0.6 is 15.9 Å². The van der Waals surface area contributed by atoms with Crippen LogP contribution in [0.2, 0.25) is 0 Å². The molecule has 5 heteroatoms. The number of aromatic nitrogens is 2. The first-order valence-electron chi connectivity index (χ1n) is 7.06. The van der Waals surface area contributed by atoms with E-state index >= 15 is 0 Å². The van der Waals surface area contributed by atoms with E-state index in [0.717, 1.165) is 40.5 Å². The van der Waals surface area contributed by atoms with Crippen LogP contribution in [0.3, 0.4) is 0 Å². The van der Waals surface area contributed by atoms with Gasteiger partial charge in [-0.25, -0.2) is 9.97 Å². The van der Waals surface area contributed by atoms with Crippen molar-refractivity contribution in [2.24, 2.45) is 0 Å². The Balaban J connectivity index is 2.29. The predicted octanol–water partition coefficient (Wildman–Crippen LogP) is 3.79. The normalized spacial score (nSPS) is 10.5. The van der Waals surface area contributed by atoms with Gasteiger partial charge in [-0.1, -0.05) is 35.0 Å². The zero-order valence-corrected chi connectivity index (χ0v) is 14.5. The van der Waals surface area contributed by atoms with Crippen LogP contribution in [0.15, 0.2) is 28.7 Å². The molecule has 0 amide bonds. The molecule has 0 aliphatic heterocycles. The van der Waals surface area contributed by atoms with E-state index in [1.807, 2.05) is 7.05 Å². The lowest BCUT2D eigenvalue weighted by Gasteiger charge is -2.22. The summed E-state index contributed by atoms with van der Waals surface area (Å²) in [6.45, 7) is 4.94. The quantitative estimate of drug-likeness (QED) is 0.892. The first-order valence-corrected chi connectivity index (χ1v) is 7.85. The van der Waals surface area contributed by atoms with Gasteiger partial charge in [0.05, 0.1) is 0 Å². The predicted molar refractivity (Wildman–Crippen MR) is 91.9 cm³/mol. The molecule has 0 aliphatic rings. The number of hydrogen-bond acceptors (Lipinski definition) is 4. The molecule has 1 N–H and O–H groups in total. The number of benzene rings is 1. The minimum absolute atomic E-state index is 0.817. The van der Waals surface area contributed by atoms with Gasteiger partial charge >= 0.3 is 0 Å². The third-order valence-electron chi connectivity index (χ3n) is 3.41. The number of anilines is 2. The van der Waals surface area contributed by atoms with Gasteiger partial charge in [0.1, 0.15) is 17.5 Å². The van der Waals surface area contributed by atoms with Crippen LogP contribution in [0.1, 0.15) is 23.9 Å². The Morgan fingerprint density at radius 3 is 2.43 bits per heavy atom. The molecule has 0 bridgehead atoms. The van der Waals surface area contributed by atoms with Crippen LogP contribution in [0.25, 0.3) is 0 Å². The Labute approximate surface area is 134 Å². The van der Waals surface area contributed by atoms with Crippen molar-refractivity contribution in [3.63, 3.8) is 0 Å². The summed E-state index contributed by atoms with van der Waals surface area (Å²) in [7, 11) is 3.96. The van der Waals surface area contributed by atoms with Crippen LogP contribution in [-0.2, 0) is 13.0 Å². The fourth-order valence-electron chi connectivity index (χ4n) is 2.26. The molecule has 2 aromatic rings. The number of nitrogens with one attached hydrogen (secondary N) is 1. The molecule has 0 fully saturated rings. The van der Waals surface area contributed by atoms with Gasteiger partial charge in [0.15, 0.2) is 0 Å². The molecule has 0 aliphatic carbocycles. The molecule has 2 rings (SSSR count). The molecule has 112 valence electrons. The summed E-state index contributed by atoms with van der Waals surface area (Å²) in [4.78, 5) is 11.4. The van der Waals surface area contributed by atoms with Gasteiger partial charge in [-0.15, -0.1) is 0 Å². The van der Waals surface area contributed by atoms with E-state index in [0.29, 0.717) is 0 Å². The highest BCUT2D eigenvalue weighted by atomic mass is 79.9. The second-order valence-corrected chi connectivity index (χ2v) is 5.94. The topological polar surface area (TPSA) is 41.1 Å². The summed E-state index contributed by atoms with van der Waals surface area (Å²) in [5.74, 6) is 2.75. The maximum Gasteiger partial charge on any atom is 0.137 e. The Bertz CT molecular complexity index is 610. The summed E-state index contributed by atoms with van der Waals surface area (Å²) in [5.41, 5.74) is 2.33. The van der Waals surface area contributed by atoms with Gasteiger partial charge in [0.25, 0.3) is 0 Å². The van der Waals surface area contributed by atoms with E-state index in [9.17, 15) is 0 Å². The smallest absolute Gasteiger partial charge is 0.137 e. The molecule has 1 aromatic heterocycles. The molecule has 0 unspecified atom stereocenters. The van der Waals surface area contributed by atoms with E-state index in [1.165, 1.54) is 5.56 Å². The van der Waals surface area contributed by atoms with E-state index < -0.39 is 0 Å². The number of hydrogen-bond donors (Lipinski definition) is 1. The van der Waals surface area contributed by atoms with Crippen LogP contribution in [0.5, 0.6) is 0 Å². The molecular weight excluding hydrogens is 328 g/mol. The van der Waals surface area contributed by atoms with Crippen LogP contribution in [0.4, 0.5) is 11.6 Å². The third-order valence-corrected chi connectivity index (χ3v) is 3.94. The number of nitrogens with zero attached hydrogens (tertiary/aromatic N) is 3.